The van der Waals surface area contributed by atoms with Gasteiger partial charge in [-0.1, -0.05) is 85.8 Å². The van der Waals surface area contributed by atoms with Gasteiger partial charge in [-0.25, -0.2) is 4.79 Å². The van der Waals surface area contributed by atoms with Crippen LogP contribution in [0.25, 0.3) is 11.1 Å². The van der Waals surface area contributed by atoms with Gasteiger partial charge in [0.25, 0.3) is 5.91 Å². The molecule has 4 aromatic rings. The zero-order chi connectivity index (χ0) is 28.4. The maximum Gasteiger partial charge on any atom is 0.328 e. The molecule has 1 N–H and O–H groups in total. The summed E-state index contributed by atoms with van der Waals surface area (Å²) in [4.78, 5) is 30.9. The van der Waals surface area contributed by atoms with Gasteiger partial charge in [0, 0.05) is 43.1 Å². The molecule has 6 heteroatoms. The molecule has 0 aliphatic carbocycles. The van der Waals surface area contributed by atoms with Crippen LogP contribution >= 0.6 is 0 Å². The minimum Gasteiger partial charge on any atom is -0.464 e. The number of nitrogens with one attached hydrogen (secondary N) is 1. The maximum absolute atomic E-state index is 13.2. The topological polar surface area (TPSA) is 61.9 Å². The van der Waals surface area contributed by atoms with E-state index in [9.17, 15) is 9.59 Å². The fourth-order valence-electron chi connectivity index (χ4n) is 5.37. The summed E-state index contributed by atoms with van der Waals surface area (Å²) in [5.41, 5.74) is 5.37. The normalized spacial score (nSPS) is 14.6. The van der Waals surface area contributed by atoms with E-state index in [1.54, 1.807) is 0 Å². The second-order valence-corrected chi connectivity index (χ2v) is 10.3. The van der Waals surface area contributed by atoms with Gasteiger partial charge in [0.05, 0.1) is 6.61 Å². The van der Waals surface area contributed by atoms with E-state index >= 15 is 0 Å². The zero-order valence-corrected chi connectivity index (χ0v) is 23.5. The highest BCUT2D eigenvalue weighted by molar-refractivity contribution is 6.08. The largest absolute Gasteiger partial charge is 0.464 e. The van der Waals surface area contributed by atoms with E-state index in [1.807, 2.05) is 104 Å². The lowest BCUT2D eigenvalue weighted by Crippen LogP contribution is -2.38. The van der Waals surface area contributed by atoms with E-state index in [-0.39, 0.29) is 11.9 Å². The number of hydrogen-bond acceptors (Lipinski definition) is 5. The molecule has 5 rings (SSSR count). The molecule has 0 bridgehead atoms. The first-order chi connectivity index (χ1) is 20.1. The maximum atomic E-state index is 13.2. The van der Waals surface area contributed by atoms with Crippen LogP contribution < -0.4 is 10.2 Å². The van der Waals surface area contributed by atoms with Gasteiger partial charge >= 0.3 is 5.97 Å². The smallest absolute Gasteiger partial charge is 0.328 e. The Bertz CT molecular complexity index is 1420. The number of carbonyl (C=O) groups is 2. The third-order valence-corrected chi connectivity index (χ3v) is 7.43. The van der Waals surface area contributed by atoms with Crippen LogP contribution in [-0.4, -0.2) is 49.6 Å². The van der Waals surface area contributed by atoms with Gasteiger partial charge in [-0.3, -0.25) is 9.69 Å². The number of anilines is 2. The standard InChI is InChI=1S/C35H37N3O3/c1-2-26-41-35(40)33(28-14-7-4-8-15-28)38-23-11-22-37(24-25-38)30-20-18-29(19-21-30)36-34(39)32-17-10-9-16-31(32)27-12-5-3-6-13-27/h3-10,12-21,33H,2,11,22-26H2,1H3,(H,36,39). The molecule has 0 spiro atoms. The third kappa shape index (κ3) is 7.02. The molecule has 1 aliphatic rings. The summed E-state index contributed by atoms with van der Waals surface area (Å²) >= 11 is 0. The van der Waals surface area contributed by atoms with Crippen LogP contribution in [0, 0.1) is 0 Å². The summed E-state index contributed by atoms with van der Waals surface area (Å²) < 4.78 is 5.59. The SMILES string of the molecule is CCCOC(=O)C(c1ccccc1)N1CCCN(c2ccc(NC(=O)c3ccccc3-c3ccccc3)cc2)CC1. The zero-order valence-electron chi connectivity index (χ0n) is 23.5. The molecule has 41 heavy (non-hydrogen) atoms. The van der Waals surface area contributed by atoms with Gasteiger partial charge in [-0.2, -0.15) is 0 Å². The van der Waals surface area contributed by atoms with Crippen molar-refractivity contribution in [3.63, 3.8) is 0 Å². The summed E-state index contributed by atoms with van der Waals surface area (Å²) in [6.07, 6.45) is 1.73. The first kappa shape index (κ1) is 28.1. The van der Waals surface area contributed by atoms with Crippen molar-refractivity contribution in [2.45, 2.75) is 25.8 Å². The van der Waals surface area contributed by atoms with Crippen molar-refractivity contribution >= 4 is 23.3 Å². The molecule has 1 amide bonds. The number of rotatable bonds is 9. The van der Waals surface area contributed by atoms with Gasteiger partial charge in [-0.05, 0) is 59.9 Å². The Morgan fingerprint density at radius 1 is 0.780 bits per heavy atom. The Hall–Kier alpha value is -4.42. The lowest BCUT2D eigenvalue weighted by Gasteiger charge is -2.29. The predicted molar refractivity (Wildman–Crippen MR) is 165 cm³/mol. The van der Waals surface area contributed by atoms with Gasteiger partial charge in [0.1, 0.15) is 6.04 Å². The molecule has 1 heterocycles. The van der Waals surface area contributed by atoms with Crippen molar-refractivity contribution in [1.82, 2.24) is 4.90 Å². The van der Waals surface area contributed by atoms with Gasteiger partial charge < -0.3 is 15.0 Å². The van der Waals surface area contributed by atoms with Crippen molar-refractivity contribution in [3.8, 4) is 11.1 Å². The fraction of sp³-hybridized carbons (Fsp3) is 0.257. The summed E-state index contributed by atoms with van der Waals surface area (Å²) in [5, 5.41) is 3.06. The van der Waals surface area contributed by atoms with Crippen molar-refractivity contribution < 1.29 is 14.3 Å². The minimum atomic E-state index is -0.404. The van der Waals surface area contributed by atoms with Crippen molar-refractivity contribution in [3.05, 3.63) is 120 Å². The van der Waals surface area contributed by atoms with Crippen LogP contribution in [0.1, 0.15) is 41.7 Å². The van der Waals surface area contributed by atoms with Crippen molar-refractivity contribution in [2.24, 2.45) is 0 Å². The molecule has 0 radical (unpaired) electrons. The molecule has 1 saturated heterocycles. The molecule has 0 saturated carbocycles. The number of carbonyl (C=O) groups excluding carboxylic acids is 2. The molecular formula is C35H37N3O3. The van der Waals surface area contributed by atoms with E-state index < -0.39 is 6.04 Å². The van der Waals surface area contributed by atoms with Crippen LogP contribution in [0.15, 0.2) is 109 Å². The van der Waals surface area contributed by atoms with E-state index in [0.29, 0.717) is 12.2 Å². The van der Waals surface area contributed by atoms with Crippen LogP contribution in [0.4, 0.5) is 11.4 Å². The second-order valence-electron chi connectivity index (χ2n) is 10.3. The molecule has 4 aromatic carbocycles. The number of benzene rings is 4. The van der Waals surface area contributed by atoms with E-state index in [2.05, 4.69) is 27.2 Å². The number of ether oxygens (including phenoxy) is 1. The molecule has 0 aromatic heterocycles. The second kappa shape index (κ2) is 13.8. The summed E-state index contributed by atoms with van der Waals surface area (Å²) in [6, 6.07) is 35.2. The average molecular weight is 548 g/mol. The van der Waals surface area contributed by atoms with E-state index in [0.717, 1.165) is 67.1 Å². The Morgan fingerprint density at radius 3 is 2.20 bits per heavy atom. The average Bonchev–Trinajstić information content (AvgIpc) is 3.28. The van der Waals surface area contributed by atoms with Gasteiger partial charge in [0.2, 0.25) is 0 Å². The van der Waals surface area contributed by atoms with Gasteiger partial charge in [0.15, 0.2) is 0 Å². The number of nitrogens with zero attached hydrogens (tertiary/aromatic N) is 2. The first-order valence-electron chi connectivity index (χ1n) is 14.4. The lowest BCUT2D eigenvalue weighted by atomic mass is 9.99. The van der Waals surface area contributed by atoms with Crippen LogP contribution in [0.2, 0.25) is 0 Å². The Balaban J connectivity index is 1.25. The minimum absolute atomic E-state index is 0.135. The molecule has 1 unspecified atom stereocenters. The monoisotopic (exact) mass is 547 g/mol. The number of hydrogen-bond donors (Lipinski definition) is 1. The summed E-state index contributed by atoms with van der Waals surface area (Å²) in [5.74, 6) is -0.315. The van der Waals surface area contributed by atoms with E-state index in [1.165, 1.54) is 0 Å². The molecule has 1 atom stereocenters. The van der Waals surface area contributed by atoms with Crippen molar-refractivity contribution in [1.29, 1.82) is 0 Å². The van der Waals surface area contributed by atoms with Crippen LogP contribution in [0.5, 0.6) is 0 Å². The Morgan fingerprint density at radius 2 is 1.46 bits per heavy atom. The van der Waals surface area contributed by atoms with Gasteiger partial charge in [-0.15, -0.1) is 0 Å². The highest BCUT2D eigenvalue weighted by Gasteiger charge is 2.30. The lowest BCUT2D eigenvalue weighted by molar-refractivity contribution is -0.150. The highest BCUT2D eigenvalue weighted by atomic mass is 16.5. The molecule has 6 nitrogen and oxygen atoms in total. The number of amides is 1. The van der Waals surface area contributed by atoms with Crippen LogP contribution in [-0.2, 0) is 9.53 Å². The highest BCUT2D eigenvalue weighted by Crippen LogP contribution is 2.27. The molecule has 1 aliphatic heterocycles. The summed E-state index contributed by atoms with van der Waals surface area (Å²) in [7, 11) is 0. The quantitative estimate of drug-likeness (QED) is 0.233. The molecule has 1 fully saturated rings. The molecule has 210 valence electrons. The number of esters is 1. The predicted octanol–water partition coefficient (Wildman–Crippen LogP) is 6.81. The third-order valence-electron chi connectivity index (χ3n) is 7.43. The molecular weight excluding hydrogens is 510 g/mol. The Kier molecular flexibility index (Phi) is 9.45. The Labute approximate surface area is 242 Å². The first-order valence-corrected chi connectivity index (χ1v) is 14.4. The van der Waals surface area contributed by atoms with Crippen LogP contribution in [0.3, 0.4) is 0 Å². The van der Waals surface area contributed by atoms with E-state index in [4.69, 9.17) is 4.74 Å². The van der Waals surface area contributed by atoms with Crippen molar-refractivity contribution in [2.75, 3.05) is 43.0 Å². The summed E-state index contributed by atoms with van der Waals surface area (Å²) in [6.45, 7) is 5.68. The fourth-order valence-corrected chi connectivity index (χ4v) is 5.37.